The zero-order chi connectivity index (χ0) is 13.3. The van der Waals surface area contributed by atoms with Crippen LogP contribution in [-0.2, 0) is 4.79 Å². The molecule has 98 valence electrons. The number of aryl methyl sites for hydroxylation is 2. The smallest absolute Gasteiger partial charge is 0.227 e. The van der Waals surface area contributed by atoms with Crippen LogP contribution in [-0.4, -0.2) is 5.24 Å². The summed E-state index contributed by atoms with van der Waals surface area (Å²) in [5.41, 5.74) is 3.69. The summed E-state index contributed by atoms with van der Waals surface area (Å²) in [4.78, 5) is 11.6. The minimum Gasteiger partial charge on any atom is -0.281 e. The molecule has 0 bridgehead atoms. The molecule has 0 spiro atoms. The fraction of sp³-hybridized carbons (Fsp3) is 0.562. The molecule has 1 fully saturated rings. The summed E-state index contributed by atoms with van der Waals surface area (Å²) in [7, 11) is 0. The van der Waals surface area contributed by atoms with Gasteiger partial charge in [0.2, 0.25) is 5.24 Å². The summed E-state index contributed by atoms with van der Waals surface area (Å²) in [5.74, 6) is 0.478. The molecule has 0 aromatic heterocycles. The van der Waals surface area contributed by atoms with Gasteiger partial charge in [0.15, 0.2) is 0 Å². The Morgan fingerprint density at radius 3 is 2.78 bits per heavy atom. The standard InChI is InChI=1S/C16H21ClO/c1-11-6-7-12(2)14(9-11)13-5-4-8-16(3,10-13)15(17)18/h6-7,9,13H,4-5,8,10H2,1-3H3. The van der Waals surface area contributed by atoms with Crippen LogP contribution in [0.5, 0.6) is 0 Å². The average Bonchev–Trinajstić information content (AvgIpc) is 2.32. The average molecular weight is 265 g/mol. The minimum atomic E-state index is -0.333. The topological polar surface area (TPSA) is 17.1 Å². The van der Waals surface area contributed by atoms with E-state index in [1.54, 1.807) is 0 Å². The number of carbonyl (C=O) groups excluding carboxylic acids is 1. The van der Waals surface area contributed by atoms with Crippen LogP contribution in [0.3, 0.4) is 0 Å². The summed E-state index contributed by atoms with van der Waals surface area (Å²) in [6, 6.07) is 6.59. The maximum Gasteiger partial charge on any atom is 0.227 e. The van der Waals surface area contributed by atoms with Gasteiger partial charge in [-0.1, -0.05) is 37.1 Å². The van der Waals surface area contributed by atoms with Crippen molar-refractivity contribution in [3.05, 3.63) is 34.9 Å². The zero-order valence-corrected chi connectivity index (χ0v) is 12.2. The summed E-state index contributed by atoms with van der Waals surface area (Å²) >= 11 is 5.78. The third-order valence-corrected chi connectivity index (χ3v) is 4.78. The molecule has 2 rings (SSSR count). The SMILES string of the molecule is Cc1ccc(C)c(C2CCCC(C)(C(=O)Cl)C2)c1. The monoisotopic (exact) mass is 264 g/mol. The molecule has 0 heterocycles. The number of hydrogen-bond donors (Lipinski definition) is 0. The summed E-state index contributed by atoms with van der Waals surface area (Å²) in [6.45, 7) is 6.29. The fourth-order valence-electron chi connectivity index (χ4n) is 3.13. The van der Waals surface area contributed by atoms with Crippen LogP contribution in [0.4, 0.5) is 0 Å². The highest BCUT2D eigenvalue weighted by Crippen LogP contribution is 2.45. The lowest BCUT2D eigenvalue weighted by Gasteiger charge is -2.36. The van der Waals surface area contributed by atoms with Gasteiger partial charge >= 0.3 is 0 Å². The highest BCUT2D eigenvalue weighted by atomic mass is 35.5. The maximum atomic E-state index is 11.6. The van der Waals surface area contributed by atoms with Gasteiger partial charge in [0.05, 0.1) is 0 Å². The molecule has 1 saturated carbocycles. The molecular formula is C16H21ClO. The van der Waals surface area contributed by atoms with E-state index in [4.69, 9.17) is 11.6 Å². The van der Waals surface area contributed by atoms with Gasteiger partial charge in [0.1, 0.15) is 0 Å². The van der Waals surface area contributed by atoms with Crippen molar-refractivity contribution in [1.82, 2.24) is 0 Å². The lowest BCUT2D eigenvalue weighted by molar-refractivity contribution is -0.121. The Hall–Kier alpha value is -0.820. The van der Waals surface area contributed by atoms with Crippen LogP contribution in [0.1, 0.15) is 55.2 Å². The molecule has 1 aromatic rings. The van der Waals surface area contributed by atoms with Gasteiger partial charge in [-0.2, -0.15) is 0 Å². The van der Waals surface area contributed by atoms with Crippen molar-refractivity contribution in [3.8, 4) is 0 Å². The maximum absolute atomic E-state index is 11.6. The molecule has 0 saturated heterocycles. The van der Waals surface area contributed by atoms with Gasteiger partial charge in [-0.25, -0.2) is 0 Å². The number of halogens is 1. The van der Waals surface area contributed by atoms with Crippen LogP contribution in [0, 0.1) is 19.3 Å². The first kappa shape index (κ1) is 13.6. The van der Waals surface area contributed by atoms with Crippen molar-refractivity contribution in [3.63, 3.8) is 0 Å². The Morgan fingerprint density at radius 1 is 1.39 bits per heavy atom. The van der Waals surface area contributed by atoms with Crippen LogP contribution in [0.2, 0.25) is 0 Å². The first-order valence-electron chi connectivity index (χ1n) is 6.69. The van der Waals surface area contributed by atoms with Gasteiger partial charge in [-0.05, 0) is 61.8 Å². The van der Waals surface area contributed by atoms with Gasteiger partial charge in [-0.3, -0.25) is 4.79 Å². The highest BCUT2D eigenvalue weighted by molar-refractivity contribution is 6.64. The Kier molecular flexibility index (Phi) is 3.82. The molecule has 0 amide bonds. The number of carbonyl (C=O) groups is 1. The van der Waals surface area contributed by atoms with Crippen LogP contribution >= 0.6 is 11.6 Å². The summed E-state index contributed by atoms with van der Waals surface area (Å²) < 4.78 is 0. The summed E-state index contributed by atoms with van der Waals surface area (Å²) in [6.07, 6.45) is 4.08. The Bertz CT molecular complexity index is 466. The van der Waals surface area contributed by atoms with Gasteiger partial charge in [0.25, 0.3) is 0 Å². The van der Waals surface area contributed by atoms with Crippen LogP contribution in [0.25, 0.3) is 0 Å². The van der Waals surface area contributed by atoms with E-state index in [0.29, 0.717) is 5.92 Å². The second kappa shape index (κ2) is 5.05. The third-order valence-electron chi connectivity index (χ3n) is 4.33. The van der Waals surface area contributed by atoms with E-state index in [0.717, 1.165) is 19.3 Å². The molecule has 18 heavy (non-hydrogen) atoms. The third kappa shape index (κ3) is 2.61. The second-order valence-electron chi connectivity index (χ2n) is 5.99. The molecule has 2 unspecified atom stereocenters. The van der Waals surface area contributed by atoms with Crippen molar-refractivity contribution >= 4 is 16.8 Å². The fourth-order valence-corrected chi connectivity index (χ4v) is 3.30. The lowest BCUT2D eigenvalue weighted by Crippen LogP contribution is -2.30. The first-order valence-corrected chi connectivity index (χ1v) is 7.07. The second-order valence-corrected chi connectivity index (χ2v) is 6.33. The zero-order valence-electron chi connectivity index (χ0n) is 11.4. The van der Waals surface area contributed by atoms with E-state index < -0.39 is 0 Å². The van der Waals surface area contributed by atoms with Crippen molar-refractivity contribution in [2.45, 2.75) is 52.4 Å². The van der Waals surface area contributed by atoms with Crippen LogP contribution in [0.15, 0.2) is 18.2 Å². The quantitative estimate of drug-likeness (QED) is 0.706. The van der Waals surface area contributed by atoms with E-state index in [9.17, 15) is 4.79 Å². The van der Waals surface area contributed by atoms with E-state index in [1.165, 1.54) is 23.1 Å². The number of rotatable bonds is 2. The normalized spacial score (nSPS) is 28.1. The van der Waals surface area contributed by atoms with E-state index in [-0.39, 0.29) is 10.7 Å². The Balaban J connectivity index is 2.28. The first-order chi connectivity index (χ1) is 8.42. The van der Waals surface area contributed by atoms with Gasteiger partial charge in [0, 0.05) is 5.41 Å². The highest BCUT2D eigenvalue weighted by Gasteiger charge is 2.38. The largest absolute Gasteiger partial charge is 0.281 e. The van der Waals surface area contributed by atoms with Crippen molar-refractivity contribution < 1.29 is 4.79 Å². The van der Waals surface area contributed by atoms with Crippen LogP contribution < -0.4 is 0 Å². The number of hydrogen-bond acceptors (Lipinski definition) is 1. The lowest BCUT2D eigenvalue weighted by atomic mass is 9.69. The minimum absolute atomic E-state index is 0.169. The van der Waals surface area contributed by atoms with E-state index >= 15 is 0 Å². The molecule has 1 aromatic carbocycles. The molecule has 1 aliphatic carbocycles. The van der Waals surface area contributed by atoms with Gasteiger partial charge in [-0.15, -0.1) is 0 Å². The molecule has 2 atom stereocenters. The van der Waals surface area contributed by atoms with Crippen molar-refractivity contribution in [2.75, 3.05) is 0 Å². The van der Waals surface area contributed by atoms with E-state index in [1.807, 2.05) is 6.92 Å². The van der Waals surface area contributed by atoms with Crippen molar-refractivity contribution in [1.29, 1.82) is 0 Å². The predicted molar refractivity (Wildman–Crippen MR) is 76.1 cm³/mol. The Morgan fingerprint density at radius 2 is 2.11 bits per heavy atom. The molecule has 0 radical (unpaired) electrons. The van der Waals surface area contributed by atoms with E-state index in [2.05, 4.69) is 32.0 Å². The molecule has 2 heteroatoms. The molecule has 0 N–H and O–H groups in total. The molecule has 1 aliphatic rings. The van der Waals surface area contributed by atoms with Crippen molar-refractivity contribution in [2.24, 2.45) is 5.41 Å². The summed E-state index contributed by atoms with van der Waals surface area (Å²) in [5, 5.41) is -0.169. The Labute approximate surface area is 115 Å². The number of benzene rings is 1. The van der Waals surface area contributed by atoms with Gasteiger partial charge < -0.3 is 0 Å². The predicted octanol–water partition coefficient (Wildman–Crippen LogP) is 4.73. The molecular weight excluding hydrogens is 244 g/mol. The molecule has 0 aliphatic heterocycles. The molecule has 1 nitrogen and oxygen atoms in total.